The Hall–Kier alpha value is -1.86. The van der Waals surface area contributed by atoms with E-state index in [1.54, 1.807) is 6.07 Å². The first-order valence-electron chi connectivity index (χ1n) is 4.80. The smallest absolute Gasteiger partial charge is 0.242 e. The van der Waals surface area contributed by atoms with Crippen LogP contribution in [0, 0.1) is 0 Å². The molecule has 0 fully saturated rings. The molecule has 2 heterocycles. The van der Waals surface area contributed by atoms with E-state index < -0.39 is 10.0 Å². The van der Waals surface area contributed by atoms with E-state index in [4.69, 9.17) is 10.2 Å². The summed E-state index contributed by atoms with van der Waals surface area (Å²) < 4.78 is 30.9. The maximum absolute atomic E-state index is 11.8. The third kappa shape index (κ3) is 2.83. The minimum Gasteiger partial charge on any atom is -0.472 e. The summed E-state index contributed by atoms with van der Waals surface area (Å²) in [6.07, 6.45) is 4.17. The van der Waals surface area contributed by atoms with Crippen molar-refractivity contribution in [3.05, 3.63) is 42.5 Å². The van der Waals surface area contributed by atoms with E-state index in [2.05, 4.69) is 9.71 Å². The predicted octanol–water partition coefficient (Wildman–Crippen LogP) is 0.735. The molecule has 17 heavy (non-hydrogen) atoms. The molecule has 0 amide bonds. The van der Waals surface area contributed by atoms with Gasteiger partial charge in [0.2, 0.25) is 10.0 Å². The van der Waals surface area contributed by atoms with Gasteiger partial charge >= 0.3 is 0 Å². The number of nitrogens with two attached hydrogens (primary N) is 1. The highest BCUT2D eigenvalue weighted by atomic mass is 32.2. The molecule has 90 valence electrons. The van der Waals surface area contributed by atoms with Gasteiger partial charge in [-0.3, -0.25) is 0 Å². The molecule has 0 aromatic carbocycles. The molecule has 0 atom stereocenters. The second-order valence-electron chi connectivity index (χ2n) is 3.37. The van der Waals surface area contributed by atoms with Gasteiger partial charge in [-0.1, -0.05) is 0 Å². The Balaban J connectivity index is 2.11. The number of hydrogen-bond acceptors (Lipinski definition) is 5. The number of hydrogen-bond donors (Lipinski definition) is 2. The van der Waals surface area contributed by atoms with Gasteiger partial charge in [0.25, 0.3) is 0 Å². The summed E-state index contributed by atoms with van der Waals surface area (Å²) in [6.45, 7) is 0.170. The summed E-state index contributed by atoms with van der Waals surface area (Å²) in [5.74, 6) is 0.277. The van der Waals surface area contributed by atoms with E-state index in [1.165, 1.54) is 30.9 Å². The molecule has 0 radical (unpaired) electrons. The molecule has 0 unspecified atom stereocenters. The number of nitrogens with zero attached hydrogens (tertiary/aromatic N) is 1. The summed E-state index contributed by atoms with van der Waals surface area (Å²) in [4.78, 5) is 3.81. The molecule has 6 nitrogen and oxygen atoms in total. The van der Waals surface area contributed by atoms with E-state index in [-0.39, 0.29) is 17.3 Å². The molecule has 0 aliphatic heterocycles. The van der Waals surface area contributed by atoms with Crippen molar-refractivity contribution in [2.24, 2.45) is 0 Å². The van der Waals surface area contributed by atoms with Crippen molar-refractivity contribution in [3.63, 3.8) is 0 Å². The standard InChI is InChI=1S/C10H11N3O3S/c11-10-2-1-9(6-12-10)17(14,15)13-5-8-3-4-16-7-8/h1-4,6-7,13H,5H2,(H2,11,12). The molecule has 0 saturated heterocycles. The first kappa shape index (κ1) is 11.6. The van der Waals surface area contributed by atoms with Gasteiger partial charge in [0, 0.05) is 18.3 Å². The van der Waals surface area contributed by atoms with Crippen molar-refractivity contribution >= 4 is 15.8 Å². The molecule has 0 aliphatic carbocycles. The molecule has 0 bridgehead atoms. The molecule has 2 aromatic heterocycles. The lowest BCUT2D eigenvalue weighted by molar-refractivity contribution is 0.561. The normalized spacial score (nSPS) is 11.5. The van der Waals surface area contributed by atoms with E-state index in [0.29, 0.717) is 0 Å². The Kier molecular flexibility index (Phi) is 3.12. The number of anilines is 1. The van der Waals surface area contributed by atoms with Gasteiger partial charge < -0.3 is 10.2 Å². The molecule has 0 saturated carbocycles. The number of nitrogens with one attached hydrogen (secondary N) is 1. The van der Waals surface area contributed by atoms with Crippen LogP contribution < -0.4 is 10.5 Å². The highest BCUT2D eigenvalue weighted by Gasteiger charge is 2.13. The van der Waals surface area contributed by atoms with Gasteiger partial charge in [0.05, 0.1) is 12.5 Å². The number of aromatic nitrogens is 1. The number of pyridine rings is 1. The van der Waals surface area contributed by atoms with Crippen LogP contribution >= 0.6 is 0 Å². The topological polar surface area (TPSA) is 98.2 Å². The van der Waals surface area contributed by atoms with Crippen LogP contribution in [0.15, 0.2) is 46.2 Å². The van der Waals surface area contributed by atoms with Crippen LogP contribution in [0.4, 0.5) is 5.82 Å². The number of nitrogen functional groups attached to an aromatic ring is 1. The van der Waals surface area contributed by atoms with Gasteiger partial charge in [-0.2, -0.15) is 0 Å². The van der Waals surface area contributed by atoms with Crippen LogP contribution in [0.5, 0.6) is 0 Å². The number of sulfonamides is 1. The average molecular weight is 253 g/mol. The van der Waals surface area contributed by atoms with E-state index in [1.807, 2.05) is 0 Å². The average Bonchev–Trinajstić information content (AvgIpc) is 2.80. The monoisotopic (exact) mass is 253 g/mol. The Labute approximate surface area is 98.5 Å². The molecular formula is C10H11N3O3S. The van der Waals surface area contributed by atoms with Gasteiger partial charge in [0.15, 0.2) is 0 Å². The SMILES string of the molecule is Nc1ccc(S(=O)(=O)NCc2ccoc2)cn1. The Morgan fingerprint density at radius 2 is 2.18 bits per heavy atom. The summed E-state index contributed by atoms with van der Waals surface area (Å²) in [7, 11) is -3.56. The zero-order valence-corrected chi connectivity index (χ0v) is 9.65. The number of rotatable bonds is 4. The lowest BCUT2D eigenvalue weighted by Crippen LogP contribution is -2.23. The molecule has 2 rings (SSSR count). The molecule has 2 aromatic rings. The fourth-order valence-electron chi connectivity index (χ4n) is 1.21. The van der Waals surface area contributed by atoms with Crippen LogP contribution in [-0.4, -0.2) is 13.4 Å². The summed E-state index contributed by atoms with van der Waals surface area (Å²) in [6, 6.07) is 4.52. The first-order chi connectivity index (χ1) is 8.08. The third-order valence-electron chi connectivity index (χ3n) is 2.12. The second-order valence-corrected chi connectivity index (χ2v) is 5.14. The van der Waals surface area contributed by atoms with Crippen molar-refractivity contribution in [2.75, 3.05) is 5.73 Å². The number of furan rings is 1. The van der Waals surface area contributed by atoms with Crippen LogP contribution in [0.1, 0.15) is 5.56 Å². The van der Waals surface area contributed by atoms with Crippen molar-refractivity contribution < 1.29 is 12.8 Å². The van der Waals surface area contributed by atoms with Gasteiger partial charge in [-0.15, -0.1) is 0 Å². The van der Waals surface area contributed by atoms with Crippen LogP contribution in [-0.2, 0) is 16.6 Å². The van der Waals surface area contributed by atoms with Crippen LogP contribution in [0.25, 0.3) is 0 Å². The van der Waals surface area contributed by atoms with Gasteiger partial charge in [-0.05, 0) is 18.2 Å². The highest BCUT2D eigenvalue weighted by Crippen LogP contribution is 2.09. The van der Waals surface area contributed by atoms with Crippen molar-refractivity contribution in [1.29, 1.82) is 0 Å². The fraction of sp³-hybridized carbons (Fsp3) is 0.100. The Morgan fingerprint density at radius 1 is 1.35 bits per heavy atom. The van der Waals surface area contributed by atoms with E-state index >= 15 is 0 Å². The molecule has 3 N–H and O–H groups in total. The fourth-order valence-corrected chi connectivity index (χ4v) is 2.17. The molecule has 0 aliphatic rings. The highest BCUT2D eigenvalue weighted by molar-refractivity contribution is 7.89. The summed E-state index contributed by atoms with van der Waals surface area (Å²) in [5.41, 5.74) is 6.13. The minimum atomic E-state index is -3.56. The lowest BCUT2D eigenvalue weighted by Gasteiger charge is -2.05. The van der Waals surface area contributed by atoms with Crippen molar-refractivity contribution in [2.45, 2.75) is 11.4 Å². The van der Waals surface area contributed by atoms with E-state index in [9.17, 15) is 8.42 Å². The zero-order valence-electron chi connectivity index (χ0n) is 8.83. The molecule has 0 spiro atoms. The predicted molar refractivity (Wildman–Crippen MR) is 61.4 cm³/mol. The van der Waals surface area contributed by atoms with Crippen LogP contribution in [0.3, 0.4) is 0 Å². The maximum atomic E-state index is 11.8. The van der Waals surface area contributed by atoms with Crippen molar-refractivity contribution in [1.82, 2.24) is 9.71 Å². The third-order valence-corrected chi connectivity index (χ3v) is 3.50. The largest absolute Gasteiger partial charge is 0.472 e. The first-order valence-corrected chi connectivity index (χ1v) is 6.28. The quantitative estimate of drug-likeness (QED) is 0.837. The van der Waals surface area contributed by atoms with E-state index in [0.717, 1.165) is 5.56 Å². The van der Waals surface area contributed by atoms with Gasteiger partial charge in [-0.25, -0.2) is 18.1 Å². The minimum absolute atomic E-state index is 0.0789. The Morgan fingerprint density at radius 3 is 2.76 bits per heavy atom. The van der Waals surface area contributed by atoms with Crippen molar-refractivity contribution in [3.8, 4) is 0 Å². The summed E-state index contributed by atoms with van der Waals surface area (Å²) in [5, 5.41) is 0. The second kappa shape index (κ2) is 4.56. The lowest BCUT2D eigenvalue weighted by atomic mass is 10.4. The summed E-state index contributed by atoms with van der Waals surface area (Å²) >= 11 is 0. The zero-order chi connectivity index (χ0) is 12.3. The molecule has 7 heteroatoms. The maximum Gasteiger partial charge on any atom is 0.242 e. The van der Waals surface area contributed by atoms with Crippen LogP contribution in [0.2, 0.25) is 0 Å². The van der Waals surface area contributed by atoms with Gasteiger partial charge in [0.1, 0.15) is 10.7 Å². The molecular weight excluding hydrogens is 242 g/mol. The Bertz CT molecular complexity index is 576.